The molecule has 0 saturated carbocycles. The highest BCUT2D eigenvalue weighted by atomic mass is 15.1. The second-order valence-electron chi connectivity index (χ2n) is 5.12. The van der Waals surface area contributed by atoms with E-state index in [9.17, 15) is 0 Å². The van der Waals surface area contributed by atoms with E-state index in [2.05, 4.69) is 45.2 Å². The van der Waals surface area contributed by atoms with Crippen molar-refractivity contribution in [1.82, 2.24) is 19.9 Å². The average Bonchev–Trinajstić information content (AvgIpc) is 2.80. The van der Waals surface area contributed by atoms with Crippen molar-refractivity contribution >= 4 is 16.9 Å². The number of fused-ring (bicyclic) bond motifs is 1. The Balaban J connectivity index is 2.19. The van der Waals surface area contributed by atoms with E-state index < -0.39 is 0 Å². The molecule has 3 aromatic heterocycles. The first-order valence-corrected chi connectivity index (χ1v) is 6.69. The van der Waals surface area contributed by atoms with Crippen molar-refractivity contribution in [3.63, 3.8) is 0 Å². The number of anilines is 1. The summed E-state index contributed by atoms with van der Waals surface area (Å²) in [5.41, 5.74) is 2.68. The molecule has 5 nitrogen and oxygen atoms in total. The van der Waals surface area contributed by atoms with Gasteiger partial charge in [0, 0.05) is 17.9 Å². The van der Waals surface area contributed by atoms with Crippen LogP contribution in [0.4, 0.5) is 5.82 Å². The molecule has 0 aliphatic heterocycles. The third-order valence-corrected chi connectivity index (χ3v) is 2.94. The number of hydrogen-bond donors (Lipinski definition) is 2. The zero-order valence-electron chi connectivity index (χ0n) is 11.8. The molecule has 0 spiro atoms. The lowest BCUT2D eigenvalue weighted by atomic mass is 10.3. The topological polar surface area (TPSA) is 66.5 Å². The summed E-state index contributed by atoms with van der Waals surface area (Å²) in [4.78, 5) is 16.8. The summed E-state index contributed by atoms with van der Waals surface area (Å²) >= 11 is 0. The van der Waals surface area contributed by atoms with Gasteiger partial charge in [0.1, 0.15) is 17.2 Å². The predicted octanol–water partition coefficient (Wildman–Crippen LogP) is 3.15. The average molecular weight is 267 g/mol. The third-order valence-electron chi connectivity index (χ3n) is 2.94. The Hall–Kier alpha value is -2.43. The third kappa shape index (κ3) is 2.34. The molecule has 0 fully saturated rings. The maximum atomic E-state index is 4.62. The molecule has 0 aromatic carbocycles. The van der Waals surface area contributed by atoms with Gasteiger partial charge in [-0.05, 0) is 39.0 Å². The molecule has 20 heavy (non-hydrogen) atoms. The highest BCUT2D eigenvalue weighted by Crippen LogP contribution is 2.25. The van der Waals surface area contributed by atoms with Crippen LogP contribution in [0.1, 0.15) is 19.5 Å². The van der Waals surface area contributed by atoms with Crippen molar-refractivity contribution in [3.8, 4) is 11.5 Å². The van der Waals surface area contributed by atoms with Crippen LogP contribution in [0.2, 0.25) is 0 Å². The van der Waals surface area contributed by atoms with Gasteiger partial charge < -0.3 is 10.3 Å². The van der Waals surface area contributed by atoms with Crippen LogP contribution in [-0.2, 0) is 0 Å². The first kappa shape index (κ1) is 12.6. The van der Waals surface area contributed by atoms with Gasteiger partial charge in [-0.25, -0.2) is 9.97 Å². The molecule has 2 N–H and O–H groups in total. The van der Waals surface area contributed by atoms with Crippen LogP contribution in [-0.4, -0.2) is 26.0 Å². The summed E-state index contributed by atoms with van der Waals surface area (Å²) in [6.07, 6.45) is 1.75. The van der Waals surface area contributed by atoms with Crippen LogP contribution in [0.5, 0.6) is 0 Å². The van der Waals surface area contributed by atoms with Crippen LogP contribution < -0.4 is 5.32 Å². The number of nitrogens with zero attached hydrogens (tertiary/aromatic N) is 3. The van der Waals surface area contributed by atoms with Crippen LogP contribution in [0.15, 0.2) is 30.5 Å². The van der Waals surface area contributed by atoms with Crippen LogP contribution in [0.3, 0.4) is 0 Å². The minimum absolute atomic E-state index is 0.305. The van der Waals surface area contributed by atoms with Crippen molar-refractivity contribution in [2.24, 2.45) is 0 Å². The molecule has 3 rings (SSSR count). The van der Waals surface area contributed by atoms with Crippen molar-refractivity contribution in [3.05, 3.63) is 36.2 Å². The summed E-state index contributed by atoms with van der Waals surface area (Å²) in [5.74, 6) is 1.47. The van der Waals surface area contributed by atoms with Gasteiger partial charge in [-0.15, -0.1) is 0 Å². The molecule has 0 aliphatic rings. The van der Waals surface area contributed by atoms with E-state index in [0.29, 0.717) is 11.9 Å². The van der Waals surface area contributed by atoms with E-state index >= 15 is 0 Å². The molecule has 0 radical (unpaired) electrons. The number of nitrogens with one attached hydrogen (secondary N) is 2. The lowest BCUT2D eigenvalue weighted by Gasteiger charge is -2.11. The number of aromatic nitrogens is 4. The monoisotopic (exact) mass is 267 g/mol. The van der Waals surface area contributed by atoms with Gasteiger partial charge in [0.25, 0.3) is 0 Å². The van der Waals surface area contributed by atoms with Gasteiger partial charge in [-0.1, -0.05) is 6.07 Å². The standard InChI is InChI=1S/C15H17N5/c1-9(2)17-13-11-8-10(3)18-14(11)20-15(19-13)12-6-4-5-7-16-12/h4-9H,1-3H3,(H2,17,18,19,20). The van der Waals surface area contributed by atoms with Crippen LogP contribution in [0, 0.1) is 6.92 Å². The maximum absolute atomic E-state index is 4.62. The SMILES string of the molecule is Cc1cc2c(NC(C)C)nc(-c3ccccn3)nc2[nH]1. The lowest BCUT2D eigenvalue weighted by molar-refractivity contribution is 0.890. The highest BCUT2D eigenvalue weighted by Gasteiger charge is 2.12. The van der Waals surface area contributed by atoms with E-state index in [1.165, 1.54) is 0 Å². The van der Waals surface area contributed by atoms with E-state index in [1.54, 1.807) is 6.20 Å². The number of pyridine rings is 1. The fourth-order valence-electron chi connectivity index (χ4n) is 2.13. The minimum atomic E-state index is 0.305. The van der Waals surface area contributed by atoms with Gasteiger partial charge in [0.15, 0.2) is 5.82 Å². The molecule has 0 aliphatic carbocycles. The number of H-pyrrole nitrogens is 1. The Morgan fingerprint density at radius 1 is 1.20 bits per heavy atom. The van der Waals surface area contributed by atoms with Crippen molar-refractivity contribution in [1.29, 1.82) is 0 Å². The molecule has 0 unspecified atom stereocenters. The Bertz CT molecular complexity index is 731. The predicted molar refractivity (Wildman–Crippen MR) is 80.6 cm³/mol. The summed E-state index contributed by atoms with van der Waals surface area (Å²) in [5, 5.41) is 4.38. The molecule has 0 amide bonds. The molecule has 5 heteroatoms. The number of aryl methyl sites for hydroxylation is 1. The van der Waals surface area contributed by atoms with E-state index in [-0.39, 0.29) is 0 Å². The maximum Gasteiger partial charge on any atom is 0.182 e. The quantitative estimate of drug-likeness (QED) is 0.765. The fourth-order valence-corrected chi connectivity index (χ4v) is 2.13. The molecular formula is C15H17N5. The van der Waals surface area contributed by atoms with Gasteiger partial charge >= 0.3 is 0 Å². The highest BCUT2D eigenvalue weighted by molar-refractivity contribution is 5.89. The van der Waals surface area contributed by atoms with Gasteiger partial charge in [0.05, 0.1) is 5.39 Å². The van der Waals surface area contributed by atoms with Crippen LogP contribution >= 0.6 is 0 Å². The second kappa shape index (κ2) is 4.92. The molecule has 3 heterocycles. The number of rotatable bonds is 3. The first-order valence-electron chi connectivity index (χ1n) is 6.69. The van der Waals surface area contributed by atoms with Gasteiger partial charge in [-0.3, -0.25) is 4.98 Å². The Labute approximate surface area is 117 Å². The Morgan fingerprint density at radius 3 is 2.75 bits per heavy atom. The van der Waals surface area contributed by atoms with Crippen molar-refractivity contribution < 1.29 is 0 Å². The zero-order chi connectivity index (χ0) is 14.1. The van der Waals surface area contributed by atoms with Crippen molar-refractivity contribution in [2.45, 2.75) is 26.8 Å². The number of hydrogen-bond acceptors (Lipinski definition) is 4. The second-order valence-corrected chi connectivity index (χ2v) is 5.12. The summed E-state index contributed by atoms with van der Waals surface area (Å²) < 4.78 is 0. The molecule has 0 bridgehead atoms. The summed E-state index contributed by atoms with van der Waals surface area (Å²) in [6.45, 7) is 6.20. The summed E-state index contributed by atoms with van der Waals surface area (Å²) in [6, 6.07) is 8.09. The van der Waals surface area contributed by atoms with Crippen LogP contribution in [0.25, 0.3) is 22.6 Å². The van der Waals surface area contributed by atoms with E-state index in [0.717, 1.165) is 28.2 Å². The van der Waals surface area contributed by atoms with Gasteiger partial charge in [-0.2, -0.15) is 0 Å². The normalized spacial score (nSPS) is 11.2. The zero-order valence-corrected chi connectivity index (χ0v) is 11.8. The molecule has 102 valence electrons. The smallest absolute Gasteiger partial charge is 0.182 e. The van der Waals surface area contributed by atoms with Crippen molar-refractivity contribution in [2.75, 3.05) is 5.32 Å². The summed E-state index contributed by atoms with van der Waals surface area (Å²) in [7, 11) is 0. The van der Waals surface area contributed by atoms with Gasteiger partial charge in [0.2, 0.25) is 0 Å². The van der Waals surface area contributed by atoms with E-state index in [1.807, 2.05) is 25.1 Å². The minimum Gasteiger partial charge on any atom is -0.367 e. The Kier molecular flexibility index (Phi) is 3.10. The molecular weight excluding hydrogens is 250 g/mol. The van der Waals surface area contributed by atoms with E-state index in [4.69, 9.17) is 0 Å². The largest absolute Gasteiger partial charge is 0.367 e. The first-order chi connectivity index (χ1) is 9.63. The fraction of sp³-hybridized carbons (Fsp3) is 0.267. The number of aromatic amines is 1. The lowest BCUT2D eigenvalue weighted by Crippen LogP contribution is -2.12. The Morgan fingerprint density at radius 2 is 2.05 bits per heavy atom. The molecule has 0 saturated heterocycles. The molecule has 0 atom stereocenters. The molecule has 3 aromatic rings.